The number of aromatic nitrogens is 1. The van der Waals surface area contributed by atoms with E-state index in [0.29, 0.717) is 38.0 Å². The lowest BCUT2D eigenvalue weighted by Gasteiger charge is -2.22. The van der Waals surface area contributed by atoms with Crippen LogP contribution in [0.5, 0.6) is 0 Å². The van der Waals surface area contributed by atoms with E-state index in [-0.39, 0.29) is 5.02 Å². The van der Waals surface area contributed by atoms with Gasteiger partial charge in [-0.25, -0.2) is 4.98 Å². The van der Waals surface area contributed by atoms with E-state index < -0.39 is 11.5 Å². The number of hydrogen-bond acceptors (Lipinski definition) is 5. The first-order chi connectivity index (χ1) is 15.0. The van der Waals surface area contributed by atoms with Crippen molar-refractivity contribution in [1.29, 1.82) is 0 Å². The summed E-state index contributed by atoms with van der Waals surface area (Å²) in [5.41, 5.74) is 0.200. The van der Waals surface area contributed by atoms with Crippen molar-refractivity contribution in [3.63, 3.8) is 0 Å². The highest BCUT2D eigenvalue weighted by molar-refractivity contribution is 7.16. The van der Waals surface area contributed by atoms with Crippen LogP contribution in [0, 0.1) is 0 Å². The number of thiazole rings is 1. The second-order valence-corrected chi connectivity index (χ2v) is 9.86. The lowest BCUT2D eigenvalue weighted by molar-refractivity contribution is -0.129. The zero-order valence-electron chi connectivity index (χ0n) is 16.6. The number of amides is 1. The van der Waals surface area contributed by atoms with E-state index in [1.807, 2.05) is 30.3 Å². The van der Waals surface area contributed by atoms with Gasteiger partial charge in [-0.15, -0.1) is 0 Å². The van der Waals surface area contributed by atoms with Crippen LogP contribution >= 0.6 is 34.5 Å². The molecule has 2 aromatic carbocycles. The van der Waals surface area contributed by atoms with Crippen molar-refractivity contribution < 1.29 is 9.90 Å². The Bertz CT molecular complexity index is 1150. The van der Waals surface area contributed by atoms with Crippen molar-refractivity contribution in [1.82, 2.24) is 4.98 Å². The van der Waals surface area contributed by atoms with Crippen molar-refractivity contribution in [2.24, 2.45) is 0 Å². The lowest BCUT2D eigenvalue weighted by atomic mass is 9.91. The molecule has 1 fully saturated rings. The van der Waals surface area contributed by atoms with Crippen LogP contribution in [0.4, 0.5) is 10.8 Å². The van der Waals surface area contributed by atoms with E-state index in [4.69, 9.17) is 28.2 Å². The number of carbonyl (C=O) groups excluding carboxylic acids is 1. The van der Waals surface area contributed by atoms with Gasteiger partial charge in [0.25, 0.3) is 5.91 Å². The number of aliphatic hydroxyl groups is 1. The third-order valence-corrected chi connectivity index (χ3v) is 7.56. The molecular weight excluding hydrogens is 453 g/mol. The standard InChI is InChI=1S/C23H21Cl2N3O2S/c24-14-11-16-19(17(25)12-14)27-21(29)23(16,30)20-18(13-7-3-1-4-8-13)28-22(31-20)26-15-9-5-2-6-10-15/h1,3-4,7-8,11-12,15,30H,2,5-6,9-10H2,(H,26,28)(H,27,29)/t23-/m0/s1. The Balaban J connectivity index is 1.65. The monoisotopic (exact) mass is 473 g/mol. The first-order valence-electron chi connectivity index (χ1n) is 10.3. The molecule has 31 heavy (non-hydrogen) atoms. The van der Waals surface area contributed by atoms with Gasteiger partial charge in [0.2, 0.25) is 5.60 Å². The van der Waals surface area contributed by atoms with Crippen molar-refractivity contribution in [3.8, 4) is 11.3 Å². The predicted molar refractivity (Wildman–Crippen MR) is 126 cm³/mol. The fraction of sp³-hybridized carbons (Fsp3) is 0.304. The molecule has 1 amide bonds. The number of carbonyl (C=O) groups is 1. The molecular formula is C23H21Cl2N3O2S. The maximum Gasteiger partial charge on any atom is 0.266 e. The predicted octanol–water partition coefficient (Wildman–Crippen LogP) is 6.05. The molecule has 0 bridgehead atoms. The Morgan fingerprint density at radius 1 is 1.13 bits per heavy atom. The van der Waals surface area contributed by atoms with Crippen LogP contribution in [-0.4, -0.2) is 22.0 Å². The number of rotatable bonds is 4. The minimum atomic E-state index is -1.93. The Morgan fingerprint density at radius 2 is 1.87 bits per heavy atom. The fourth-order valence-corrected chi connectivity index (χ4v) is 6.09. The van der Waals surface area contributed by atoms with E-state index >= 15 is 0 Å². The van der Waals surface area contributed by atoms with E-state index in [2.05, 4.69) is 10.6 Å². The quantitative estimate of drug-likeness (QED) is 0.431. The van der Waals surface area contributed by atoms with Crippen molar-refractivity contribution >= 4 is 51.3 Å². The van der Waals surface area contributed by atoms with Crippen LogP contribution < -0.4 is 10.6 Å². The molecule has 0 unspecified atom stereocenters. The number of nitrogens with zero attached hydrogens (tertiary/aromatic N) is 1. The van der Waals surface area contributed by atoms with Crippen LogP contribution in [0.15, 0.2) is 42.5 Å². The second-order valence-electron chi connectivity index (χ2n) is 8.02. The van der Waals surface area contributed by atoms with Crippen molar-refractivity contribution in [2.45, 2.75) is 43.7 Å². The zero-order chi connectivity index (χ0) is 21.6. The molecule has 160 valence electrons. The van der Waals surface area contributed by atoms with Gasteiger partial charge < -0.3 is 15.7 Å². The minimum absolute atomic E-state index is 0.290. The Hall–Kier alpha value is -2.12. The summed E-state index contributed by atoms with van der Waals surface area (Å²) in [5, 5.41) is 19.4. The average Bonchev–Trinajstić information content (AvgIpc) is 3.30. The molecule has 0 spiro atoms. The van der Waals surface area contributed by atoms with Crippen LogP contribution in [0.2, 0.25) is 10.0 Å². The van der Waals surface area contributed by atoms with Gasteiger partial charge >= 0.3 is 0 Å². The highest BCUT2D eigenvalue weighted by Crippen LogP contribution is 2.50. The Labute approximate surface area is 194 Å². The number of halogens is 2. The smallest absolute Gasteiger partial charge is 0.266 e. The first kappa shape index (κ1) is 20.8. The molecule has 5 nitrogen and oxygen atoms in total. The van der Waals surface area contributed by atoms with E-state index in [9.17, 15) is 9.90 Å². The van der Waals surface area contributed by atoms with Crippen LogP contribution in [0.25, 0.3) is 11.3 Å². The fourth-order valence-electron chi connectivity index (χ4n) is 4.38. The number of anilines is 2. The van der Waals surface area contributed by atoms with Gasteiger partial charge in [0, 0.05) is 22.2 Å². The van der Waals surface area contributed by atoms with Gasteiger partial charge in [0.15, 0.2) is 5.13 Å². The molecule has 0 saturated heterocycles. The maximum absolute atomic E-state index is 13.1. The third kappa shape index (κ3) is 3.61. The minimum Gasteiger partial charge on any atom is -0.371 e. The first-order valence-corrected chi connectivity index (χ1v) is 11.9. The van der Waals surface area contributed by atoms with Crippen LogP contribution in [0.3, 0.4) is 0 Å². The summed E-state index contributed by atoms with van der Waals surface area (Å²) in [6.45, 7) is 0. The molecule has 1 saturated carbocycles. The highest BCUT2D eigenvalue weighted by Gasteiger charge is 2.51. The van der Waals surface area contributed by atoms with E-state index in [1.165, 1.54) is 30.6 Å². The summed E-state index contributed by atoms with van der Waals surface area (Å²) < 4.78 is 0. The SMILES string of the molecule is O=C1Nc2c(Cl)cc(Cl)cc2[C@]1(O)c1sc(NC2CCCCC2)nc1-c1ccccc1. The van der Waals surface area contributed by atoms with E-state index in [1.54, 1.807) is 12.1 Å². The molecule has 5 rings (SSSR count). The largest absolute Gasteiger partial charge is 0.371 e. The summed E-state index contributed by atoms with van der Waals surface area (Å²) in [6.07, 6.45) is 5.83. The van der Waals surface area contributed by atoms with Gasteiger partial charge in [0.05, 0.1) is 21.3 Å². The third-order valence-electron chi connectivity index (χ3n) is 5.95. The summed E-state index contributed by atoms with van der Waals surface area (Å²) in [5.74, 6) is -0.559. The molecule has 2 aliphatic rings. The van der Waals surface area contributed by atoms with Crippen molar-refractivity contribution in [2.75, 3.05) is 10.6 Å². The van der Waals surface area contributed by atoms with E-state index in [0.717, 1.165) is 18.4 Å². The number of benzene rings is 2. The molecule has 2 heterocycles. The lowest BCUT2D eigenvalue weighted by Crippen LogP contribution is -2.35. The van der Waals surface area contributed by atoms with Gasteiger partial charge in [-0.05, 0) is 25.0 Å². The van der Waals surface area contributed by atoms with Gasteiger partial charge in [-0.2, -0.15) is 0 Å². The topological polar surface area (TPSA) is 74.2 Å². The number of hydrogen-bond donors (Lipinski definition) is 3. The van der Waals surface area contributed by atoms with Crippen molar-refractivity contribution in [3.05, 3.63) is 63.0 Å². The molecule has 1 atom stereocenters. The molecule has 3 aromatic rings. The average molecular weight is 474 g/mol. The molecule has 1 aliphatic heterocycles. The number of fused-ring (bicyclic) bond motifs is 1. The summed E-state index contributed by atoms with van der Waals surface area (Å²) in [6, 6.07) is 13.1. The molecule has 8 heteroatoms. The normalized spacial score (nSPS) is 21.1. The summed E-state index contributed by atoms with van der Waals surface area (Å²) in [7, 11) is 0. The highest BCUT2D eigenvalue weighted by atomic mass is 35.5. The van der Waals surface area contributed by atoms with Gasteiger partial charge in [-0.1, -0.05) is 84.1 Å². The molecule has 0 radical (unpaired) electrons. The molecule has 3 N–H and O–H groups in total. The molecule has 1 aromatic heterocycles. The number of nitrogens with one attached hydrogen (secondary N) is 2. The van der Waals surface area contributed by atoms with Crippen LogP contribution in [-0.2, 0) is 10.4 Å². The van der Waals surface area contributed by atoms with Crippen LogP contribution in [0.1, 0.15) is 42.5 Å². The molecule has 1 aliphatic carbocycles. The second kappa shape index (κ2) is 8.10. The maximum atomic E-state index is 13.1. The van der Waals surface area contributed by atoms with Gasteiger partial charge in [-0.3, -0.25) is 4.79 Å². The Kier molecular flexibility index (Phi) is 5.42. The zero-order valence-corrected chi connectivity index (χ0v) is 18.9. The Morgan fingerprint density at radius 3 is 2.61 bits per heavy atom. The summed E-state index contributed by atoms with van der Waals surface area (Å²) >= 11 is 13.8. The van der Waals surface area contributed by atoms with Gasteiger partial charge in [0.1, 0.15) is 0 Å². The summed E-state index contributed by atoms with van der Waals surface area (Å²) in [4.78, 5) is 18.4.